The van der Waals surface area contributed by atoms with Crippen molar-refractivity contribution < 1.29 is 4.42 Å². The van der Waals surface area contributed by atoms with E-state index in [2.05, 4.69) is 48.0 Å². The van der Waals surface area contributed by atoms with Gasteiger partial charge in [0.1, 0.15) is 8.07 Å². The van der Waals surface area contributed by atoms with E-state index in [-0.39, 0.29) is 0 Å². The number of hydrogen-bond acceptors (Lipinski definition) is 1. The summed E-state index contributed by atoms with van der Waals surface area (Å²) in [5.74, 6) is 3.79. The Balaban J connectivity index is 2.57. The molecule has 0 aliphatic carbocycles. The Kier molecular flexibility index (Phi) is 3.39. The second-order valence-corrected chi connectivity index (χ2v) is 9.93. The fourth-order valence-electron chi connectivity index (χ4n) is 1.53. The van der Waals surface area contributed by atoms with Gasteiger partial charge in [0.25, 0.3) is 0 Å². The summed E-state index contributed by atoms with van der Waals surface area (Å²) in [5, 5.41) is 0. The molecule has 4 nitrogen and oxygen atoms in total. The predicted octanol–water partition coefficient (Wildman–Crippen LogP) is 2.84. The topological polar surface area (TPSA) is 49.6 Å². The van der Waals surface area contributed by atoms with Crippen molar-refractivity contribution >= 4 is 8.07 Å². The van der Waals surface area contributed by atoms with Crippen LogP contribution in [-0.4, -0.2) is 22.6 Å². The Morgan fingerprint density at radius 3 is 2.78 bits per heavy atom. The molecule has 0 saturated heterocycles. The van der Waals surface area contributed by atoms with Crippen LogP contribution < -0.4 is 0 Å². The van der Waals surface area contributed by atoms with Gasteiger partial charge in [0.15, 0.2) is 11.2 Å². The van der Waals surface area contributed by atoms with E-state index < -0.39 is 8.07 Å². The summed E-state index contributed by atoms with van der Waals surface area (Å²) in [4.78, 5) is 6.29. The fraction of sp³-hybridized carbons (Fsp3) is 0.385. The SMILES string of the molecule is CCn1cc[nH]c2[nH]cc(C#C[Si](C)(C)C)oc1=2. The van der Waals surface area contributed by atoms with E-state index in [0.717, 1.165) is 17.6 Å². The van der Waals surface area contributed by atoms with E-state index in [0.29, 0.717) is 5.76 Å². The first-order chi connectivity index (χ1) is 8.49. The van der Waals surface area contributed by atoms with E-state index in [4.69, 9.17) is 4.42 Å². The van der Waals surface area contributed by atoms with Crippen molar-refractivity contribution in [1.82, 2.24) is 14.5 Å². The molecular weight excluding hydrogens is 242 g/mol. The molecule has 18 heavy (non-hydrogen) atoms. The lowest BCUT2D eigenvalue weighted by molar-refractivity contribution is 0.428. The van der Waals surface area contributed by atoms with Crippen molar-refractivity contribution in [2.45, 2.75) is 33.1 Å². The molecule has 0 unspecified atom stereocenters. The first-order valence-electron chi connectivity index (χ1n) is 6.11. The molecule has 2 aliphatic rings. The van der Waals surface area contributed by atoms with Crippen LogP contribution in [0.25, 0.3) is 0 Å². The lowest BCUT2D eigenvalue weighted by Gasteiger charge is -2.05. The van der Waals surface area contributed by atoms with Crippen molar-refractivity contribution in [1.29, 1.82) is 0 Å². The molecular formula is C13H19N3OSi. The second-order valence-electron chi connectivity index (χ2n) is 5.18. The molecule has 0 bridgehead atoms. The zero-order chi connectivity index (χ0) is 13.2. The van der Waals surface area contributed by atoms with Gasteiger partial charge in [0.05, 0.1) is 6.20 Å². The normalized spacial score (nSPS) is 11.1. The highest BCUT2D eigenvalue weighted by molar-refractivity contribution is 6.83. The molecule has 0 aromatic heterocycles. The van der Waals surface area contributed by atoms with Gasteiger partial charge in [-0.25, -0.2) is 0 Å². The van der Waals surface area contributed by atoms with Crippen LogP contribution in [0.3, 0.4) is 0 Å². The van der Waals surface area contributed by atoms with Gasteiger partial charge < -0.3 is 19.0 Å². The molecule has 2 N–H and O–H groups in total. The summed E-state index contributed by atoms with van der Waals surface area (Å²) in [7, 11) is -1.38. The third-order valence-corrected chi connectivity index (χ3v) is 3.29. The summed E-state index contributed by atoms with van der Waals surface area (Å²) >= 11 is 0. The molecule has 0 aromatic rings. The number of aromatic amines is 2. The van der Waals surface area contributed by atoms with E-state index in [9.17, 15) is 0 Å². The molecule has 96 valence electrons. The quantitative estimate of drug-likeness (QED) is 0.602. The summed E-state index contributed by atoms with van der Waals surface area (Å²) in [6.07, 6.45) is 5.63. The summed E-state index contributed by atoms with van der Waals surface area (Å²) in [6, 6.07) is 0. The Hall–Kier alpha value is -1.80. The average molecular weight is 261 g/mol. The van der Waals surface area contributed by atoms with Crippen LogP contribution in [0.4, 0.5) is 0 Å². The molecule has 0 atom stereocenters. The summed E-state index contributed by atoms with van der Waals surface area (Å²) in [5.41, 5.74) is 4.94. The lowest BCUT2D eigenvalue weighted by Crippen LogP contribution is -2.16. The van der Waals surface area contributed by atoms with Gasteiger partial charge in [-0.2, -0.15) is 0 Å². The number of nitrogens with one attached hydrogen (secondary N) is 2. The predicted molar refractivity (Wildman–Crippen MR) is 74.2 cm³/mol. The second kappa shape index (κ2) is 4.82. The zero-order valence-corrected chi connectivity index (χ0v) is 12.3. The molecule has 2 rings (SSSR count). The smallest absolute Gasteiger partial charge is 0.242 e. The van der Waals surface area contributed by atoms with Gasteiger partial charge in [0.2, 0.25) is 5.55 Å². The van der Waals surface area contributed by atoms with Gasteiger partial charge in [-0.15, -0.1) is 5.54 Å². The molecule has 0 amide bonds. The highest BCUT2D eigenvalue weighted by Gasteiger charge is 2.07. The fourth-order valence-corrected chi connectivity index (χ4v) is 2.03. The number of nitrogens with zero attached hydrogens (tertiary/aromatic N) is 1. The zero-order valence-electron chi connectivity index (χ0n) is 11.3. The number of rotatable bonds is 1. The van der Waals surface area contributed by atoms with E-state index in [1.54, 1.807) is 6.20 Å². The Labute approximate surface area is 107 Å². The minimum absolute atomic E-state index is 0.673. The molecule has 2 aliphatic heterocycles. The van der Waals surface area contributed by atoms with Crippen molar-refractivity contribution in [2.75, 3.05) is 0 Å². The maximum atomic E-state index is 5.83. The van der Waals surface area contributed by atoms with Gasteiger partial charge in [-0.05, 0) is 12.8 Å². The van der Waals surface area contributed by atoms with Crippen LogP contribution in [0, 0.1) is 22.5 Å². The van der Waals surface area contributed by atoms with Crippen LogP contribution in [0.2, 0.25) is 19.6 Å². The van der Waals surface area contributed by atoms with E-state index >= 15 is 0 Å². The largest absolute Gasteiger partial charge is 0.426 e. The highest BCUT2D eigenvalue weighted by atomic mass is 28.3. The van der Waals surface area contributed by atoms with Crippen LogP contribution in [0.5, 0.6) is 0 Å². The van der Waals surface area contributed by atoms with Gasteiger partial charge >= 0.3 is 0 Å². The first-order valence-corrected chi connectivity index (χ1v) is 9.61. The monoisotopic (exact) mass is 261 g/mol. The standard InChI is InChI=1S/C13H19N3OSi/c1-5-16-8-7-14-12-13(16)17-11(10-15-12)6-9-18(2,3)4/h7-8,10,14-15H,5H2,1-4H3. The van der Waals surface area contributed by atoms with Gasteiger partial charge in [-0.3, -0.25) is 0 Å². The minimum atomic E-state index is -1.38. The molecule has 0 fully saturated rings. The van der Waals surface area contributed by atoms with Gasteiger partial charge in [0, 0.05) is 18.9 Å². The van der Waals surface area contributed by atoms with Crippen molar-refractivity contribution in [3.05, 3.63) is 35.4 Å². The Morgan fingerprint density at radius 2 is 2.11 bits per heavy atom. The van der Waals surface area contributed by atoms with Crippen LogP contribution >= 0.6 is 0 Å². The third-order valence-electron chi connectivity index (χ3n) is 2.41. The summed E-state index contributed by atoms with van der Waals surface area (Å²) < 4.78 is 7.86. The van der Waals surface area contributed by atoms with Crippen LogP contribution in [0.1, 0.15) is 12.7 Å². The maximum absolute atomic E-state index is 5.83. The molecule has 0 aromatic carbocycles. The van der Waals surface area contributed by atoms with Crippen molar-refractivity contribution in [3.63, 3.8) is 0 Å². The van der Waals surface area contributed by atoms with Crippen molar-refractivity contribution in [3.8, 4) is 11.5 Å². The molecule has 0 saturated carbocycles. The first kappa shape index (κ1) is 12.6. The number of H-pyrrole nitrogens is 2. The van der Waals surface area contributed by atoms with E-state index in [1.165, 1.54) is 0 Å². The maximum Gasteiger partial charge on any atom is 0.242 e. The molecule has 0 radical (unpaired) electrons. The number of aromatic nitrogens is 3. The average Bonchev–Trinajstić information content (AvgIpc) is 2.34. The third kappa shape index (κ3) is 2.90. The molecule has 2 heterocycles. The molecule has 5 heteroatoms. The Morgan fingerprint density at radius 1 is 1.33 bits per heavy atom. The van der Waals surface area contributed by atoms with Gasteiger partial charge in [-0.1, -0.05) is 19.6 Å². The van der Waals surface area contributed by atoms with Crippen LogP contribution in [-0.2, 0) is 6.54 Å². The summed E-state index contributed by atoms with van der Waals surface area (Å²) in [6.45, 7) is 9.57. The lowest BCUT2D eigenvalue weighted by atomic mass is 10.5. The van der Waals surface area contributed by atoms with Crippen molar-refractivity contribution in [2.24, 2.45) is 0 Å². The number of hydrogen-bond donors (Lipinski definition) is 2. The Bertz CT molecular complexity index is 682. The highest BCUT2D eigenvalue weighted by Crippen LogP contribution is 2.02. The van der Waals surface area contributed by atoms with E-state index in [1.807, 2.05) is 17.0 Å². The minimum Gasteiger partial charge on any atom is -0.426 e. The van der Waals surface area contributed by atoms with Crippen LogP contribution in [0.15, 0.2) is 23.0 Å². The number of aryl methyl sites for hydroxylation is 1. The molecule has 0 spiro atoms.